The first-order chi connectivity index (χ1) is 33.7. The standard InChI is InChI=1S/C63H37N3O2/c1-3-17-39(18-4-1)50-36-52(63-65-61(40-20-5-2-6-21-40)64-62(66-63)49-30-16-32-56-60(49)48-28-13-14-31-54(48)67-56)45-25-10-11-26-46(45)58(50)41-33-34-55-53(35-41)59-47-27-12-9-24-44(47)51(37-57(59)68-55)43-29-15-22-38-19-7-8-23-42(38)43/h1-37H. The van der Waals surface area contributed by atoms with Crippen LogP contribution in [0.4, 0.5) is 0 Å². The molecule has 3 aromatic heterocycles. The van der Waals surface area contributed by atoms with Crippen LogP contribution in [0.25, 0.3) is 144 Å². The predicted molar refractivity (Wildman–Crippen MR) is 280 cm³/mol. The molecule has 5 heteroatoms. The van der Waals surface area contributed by atoms with Gasteiger partial charge >= 0.3 is 0 Å². The minimum absolute atomic E-state index is 0.577. The summed E-state index contributed by atoms with van der Waals surface area (Å²) in [5.74, 6) is 1.76. The van der Waals surface area contributed by atoms with Crippen LogP contribution in [0.5, 0.6) is 0 Å². The highest BCUT2D eigenvalue weighted by molar-refractivity contribution is 6.24. The third kappa shape index (κ3) is 5.99. The van der Waals surface area contributed by atoms with Crippen molar-refractivity contribution in [3.8, 4) is 67.5 Å². The molecule has 0 radical (unpaired) electrons. The Kier molecular flexibility index (Phi) is 8.52. The molecular formula is C63H37N3O2. The minimum atomic E-state index is 0.577. The highest BCUT2D eigenvalue weighted by Gasteiger charge is 2.23. The fourth-order valence-corrected chi connectivity index (χ4v) is 10.5. The number of para-hydroxylation sites is 1. The van der Waals surface area contributed by atoms with E-state index in [4.69, 9.17) is 23.8 Å². The Morgan fingerprint density at radius 3 is 1.62 bits per heavy atom. The minimum Gasteiger partial charge on any atom is -0.456 e. The van der Waals surface area contributed by atoms with Gasteiger partial charge in [-0.3, -0.25) is 0 Å². The van der Waals surface area contributed by atoms with Gasteiger partial charge in [0.25, 0.3) is 0 Å². The smallest absolute Gasteiger partial charge is 0.164 e. The van der Waals surface area contributed by atoms with Crippen molar-refractivity contribution in [2.45, 2.75) is 0 Å². The molecule has 0 aliphatic carbocycles. The van der Waals surface area contributed by atoms with E-state index in [1.54, 1.807) is 0 Å². The zero-order valence-corrected chi connectivity index (χ0v) is 36.5. The number of rotatable bonds is 6. The molecule has 14 aromatic rings. The van der Waals surface area contributed by atoms with Crippen molar-refractivity contribution in [1.29, 1.82) is 0 Å². The number of nitrogens with zero attached hydrogens (tertiary/aromatic N) is 3. The zero-order chi connectivity index (χ0) is 44.7. The second kappa shape index (κ2) is 15.2. The van der Waals surface area contributed by atoms with E-state index in [2.05, 4.69) is 176 Å². The van der Waals surface area contributed by atoms with Gasteiger partial charge in [0.05, 0.1) is 0 Å². The van der Waals surface area contributed by atoms with Crippen LogP contribution in [0.1, 0.15) is 0 Å². The van der Waals surface area contributed by atoms with Gasteiger partial charge in [0.2, 0.25) is 0 Å². The zero-order valence-electron chi connectivity index (χ0n) is 36.5. The number of fused-ring (bicyclic) bond motifs is 10. The Hall–Kier alpha value is -9.19. The summed E-state index contributed by atoms with van der Waals surface area (Å²) in [6.45, 7) is 0. The van der Waals surface area contributed by atoms with E-state index in [1.807, 2.05) is 48.5 Å². The average Bonchev–Trinajstić information content (AvgIpc) is 3.99. The van der Waals surface area contributed by atoms with Gasteiger partial charge in [-0.2, -0.15) is 0 Å². The van der Waals surface area contributed by atoms with E-state index >= 15 is 0 Å². The molecule has 316 valence electrons. The molecule has 0 aliphatic rings. The fourth-order valence-electron chi connectivity index (χ4n) is 10.5. The Balaban J connectivity index is 1.02. The quantitative estimate of drug-likeness (QED) is 0.167. The van der Waals surface area contributed by atoms with Crippen molar-refractivity contribution < 1.29 is 8.83 Å². The summed E-state index contributed by atoms with van der Waals surface area (Å²) in [6.07, 6.45) is 0. The Morgan fingerprint density at radius 2 is 0.809 bits per heavy atom. The highest BCUT2D eigenvalue weighted by atomic mass is 16.3. The van der Waals surface area contributed by atoms with Crippen molar-refractivity contribution >= 4 is 76.2 Å². The van der Waals surface area contributed by atoms with Crippen molar-refractivity contribution in [2.75, 3.05) is 0 Å². The summed E-state index contributed by atoms with van der Waals surface area (Å²) in [4.78, 5) is 15.9. The van der Waals surface area contributed by atoms with Crippen LogP contribution in [0.2, 0.25) is 0 Å². The second-order valence-corrected chi connectivity index (χ2v) is 17.4. The first-order valence-corrected chi connectivity index (χ1v) is 22.9. The number of hydrogen-bond donors (Lipinski definition) is 0. The molecule has 0 amide bonds. The van der Waals surface area contributed by atoms with Gasteiger partial charge in [-0.15, -0.1) is 0 Å². The van der Waals surface area contributed by atoms with Gasteiger partial charge in [-0.25, -0.2) is 15.0 Å². The largest absolute Gasteiger partial charge is 0.456 e. The molecule has 0 spiro atoms. The number of hydrogen-bond acceptors (Lipinski definition) is 5. The Labute approximate surface area is 390 Å². The Bertz CT molecular complexity index is 4320. The summed E-state index contributed by atoms with van der Waals surface area (Å²) in [7, 11) is 0. The van der Waals surface area contributed by atoms with Gasteiger partial charge in [-0.1, -0.05) is 188 Å². The molecule has 11 aromatic carbocycles. The third-order valence-corrected chi connectivity index (χ3v) is 13.5. The molecule has 0 unspecified atom stereocenters. The summed E-state index contributed by atoms with van der Waals surface area (Å²) in [5, 5.41) is 11.1. The normalized spacial score (nSPS) is 11.8. The first-order valence-electron chi connectivity index (χ1n) is 22.9. The van der Waals surface area contributed by atoms with Crippen LogP contribution in [0, 0.1) is 0 Å². The lowest BCUT2D eigenvalue weighted by atomic mass is 9.86. The van der Waals surface area contributed by atoms with Crippen LogP contribution in [-0.4, -0.2) is 15.0 Å². The molecule has 3 heterocycles. The molecule has 14 rings (SSSR count). The summed E-state index contributed by atoms with van der Waals surface area (Å²) in [5.41, 5.74) is 12.7. The molecule has 0 atom stereocenters. The lowest BCUT2D eigenvalue weighted by molar-refractivity contribution is 0.668. The molecule has 0 N–H and O–H groups in total. The third-order valence-electron chi connectivity index (χ3n) is 13.5. The molecule has 0 saturated carbocycles. The van der Waals surface area contributed by atoms with Gasteiger partial charge in [0.15, 0.2) is 17.5 Å². The molecule has 0 fully saturated rings. The molecule has 68 heavy (non-hydrogen) atoms. The predicted octanol–water partition coefficient (Wildman–Crippen LogP) is 17.1. The highest BCUT2D eigenvalue weighted by Crippen LogP contribution is 2.47. The molecule has 5 nitrogen and oxygen atoms in total. The monoisotopic (exact) mass is 867 g/mol. The Morgan fingerprint density at radius 1 is 0.250 bits per heavy atom. The number of furan rings is 2. The van der Waals surface area contributed by atoms with E-state index in [-0.39, 0.29) is 0 Å². The van der Waals surface area contributed by atoms with Crippen molar-refractivity contribution in [1.82, 2.24) is 15.0 Å². The summed E-state index contributed by atoms with van der Waals surface area (Å²) < 4.78 is 13.2. The van der Waals surface area contributed by atoms with Gasteiger partial charge in [0.1, 0.15) is 22.3 Å². The van der Waals surface area contributed by atoms with Crippen LogP contribution >= 0.6 is 0 Å². The van der Waals surface area contributed by atoms with Gasteiger partial charge < -0.3 is 8.83 Å². The topological polar surface area (TPSA) is 65.0 Å². The summed E-state index contributed by atoms with van der Waals surface area (Å²) >= 11 is 0. The molecule has 0 saturated heterocycles. The average molecular weight is 868 g/mol. The van der Waals surface area contributed by atoms with E-state index in [9.17, 15) is 0 Å². The molecule has 0 aliphatic heterocycles. The van der Waals surface area contributed by atoms with Crippen molar-refractivity contribution in [2.24, 2.45) is 0 Å². The van der Waals surface area contributed by atoms with E-state index in [1.165, 1.54) is 21.7 Å². The van der Waals surface area contributed by atoms with E-state index in [0.717, 1.165) is 105 Å². The van der Waals surface area contributed by atoms with Crippen molar-refractivity contribution in [3.05, 3.63) is 224 Å². The van der Waals surface area contributed by atoms with E-state index < -0.39 is 0 Å². The van der Waals surface area contributed by atoms with Crippen LogP contribution < -0.4 is 0 Å². The van der Waals surface area contributed by atoms with Gasteiger partial charge in [-0.05, 0) is 102 Å². The van der Waals surface area contributed by atoms with Gasteiger partial charge in [0, 0.05) is 38.2 Å². The molecule has 0 bridgehead atoms. The second-order valence-electron chi connectivity index (χ2n) is 17.4. The maximum absolute atomic E-state index is 6.82. The lowest BCUT2D eigenvalue weighted by Crippen LogP contribution is -2.01. The van der Waals surface area contributed by atoms with Crippen LogP contribution in [0.15, 0.2) is 233 Å². The number of benzene rings is 11. The summed E-state index contributed by atoms with van der Waals surface area (Å²) in [6, 6.07) is 78.7. The maximum Gasteiger partial charge on any atom is 0.164 e. The van der Waals surface area contributed by atoms with Crippen molar-refractivity contribution in [3.63, 3.8) is 0 Å². The lowest BCUT2D eigenvalue weighted by Gasteiger charge is -2.18. The van der Waals surface area contributed by atoms with Crippen LogP contribution in [-0.2, 0) is 0 Å². The fraction of sp³-hybridized carbons (Fsp3) is 0. The SMILES string of the molecule is c1ccc(-c2nc(-c3cc(-c4ccccc4)c(-c4ccc5oc6cc(-c7cccc8ccccc78)c7ccccc7c6c5c4)c4ccccc34)nc(-c3cccc4oc5ccccc5c34)n2)cc1. The van der Waals surface area contributed by atoms with Crippen LogP contribution in [0.3, 0.4) is 0 Å². The van der Waals surface area contributed by atoms with E-state index in [0.29, 0.717) is 17.5 Å². The molecular weight excluding hydrogens is 831 g/mol. The maximum atomic E-state index is 6.82. The first kappa shape index (κ1) is 38.1. The number of aromatic nitrogens is 3.